The van der Waals surface area contributed by atoms with Gasteiger partial charge in [0.15, 0.2) is 0 Å². The third kappa shape index (κ3) is 5.76. The third-order valence-electron chi connectivity index (χ3n) is 4.56. The number of piperidine rings is 1. The highest BCUT2D eigenvalue weighted by Gasteiger charge is 2.30. The van der Waals surface area contributed by atoms with Crippen molar-refractivity contribution in [1.82, 2.24) is 10.2 Å². The maximum atomic E-state index is 12.6. The van der Waals surface area contributed by atoms with Crippen molar-refractivity contribution in [3.63, 3.8) is 0 Å². The van der Waals surface area contributed by atoms with Crippen LogP contribution in [-0.4, -0.2) is 41.6 Å². The monoisotopic (exact) mass is 346 g/mol. The first-order valence-corrected chi connectivity index (χ1v) is 8.97. The minimum atomic E-state index is -0.502. The molecule has 5 heteroatoms. The highest BCUT2D eigenvalue weighted by Crippen LogP contribution is 2.19. The van der Waals surface area contributed by atoms with Crippen LogP contribution in [0.1, 0.15) is 45.2 Å². The van der Waals surface area contributed by atoms with Crippen molar-refractivity contribution in [2.75, 3.05) is 13.1 Å². The van der Waals surface area contributed by atoms with E-state index in [1.165, 1.54) is 0 Å². The molecule has 1 heterocycles. The number of carbonyl (C=O) groups excluding carboxylic acids is 2. The third-order valence-corrected chi connectivity index (χ3v) is 4.56. The smallest absolute Gasteiger partial charge is 0.407 e. The molecule has 0 radical (unpaired) electrons. The Kier molecular flexibility index (Phi) is 6.09. The molecular formula is C20H30N2O3. The SMILES string of the molecule is Cc1ccccc1CC(=O)N1CC[C@H](NC(=O)OC(C)(C)C)[C@H](C)C1. The lowest BCUT2D eigenvalue weighted by Crippen LogP contribution is -2.52. The van der Waals surface area contributed by atoms with Crippen molar-refractivity contribution in [3.05, 3.63) is 35.4 Å². The number of carbonyl (C=O) groups is 2. The molecule has 0 aliphatic carbocycles. The summed E-state index contributed by atoms with van der Waals surface area (Å²) in [5, 5.41) is 2.94. The minimum Gasteiger partial charge on any atom is -0.444 e. The van der Waals surface area contributed by atoms with Crippen molar-refractivity contribution in [2.24, 2.45) is 5.92 Å². The molecule has 25 heavy (non-hydrogen) atoms. The van der Waals surface area contributed by atoms with E-state index in [1.807, 2.05) is 56.9 Å². The molecule has 0 aromatic heterocycles. The molecule has 1 aliphatic rings. The van der Waals surface area contributed by atoms with Gasteiger partial charge in [0.05, 0.1) is 6.42 Å². The first kappa shape index (κ1) is 19.3. The molecule has 0 spiro atoms. The number of ether oxygens (including phenoxy) is 1. The lowest BCUT2D eigenvalue weighted by atomic mass is 9.93. The van der Waals surface area contributed by atoms with Gasteiger partial charge in [-0.15, -0.1) is 0 Å². The van der Waals surface area contributed by atoms with Gasteiger partial charge >= 0.3 is 6.09 Å². The van der Waals surface area contributed by atoms with Crippen LogP contribution in [0.5, 0.6) is 0 Å². The van der Waals surface area contributed by atoms with Crippen molar-refractivity contribution >= 4 is 12.0 Å². The molecule has 2 atom stereocenters. The molecule has 138 valence electrons. The van der Waals surface area contributed by atoms with Crippen LogP contribution in [0.3, 0.4) is 0 Å². The number of nitrogens with zero attached hydrogens (tertiary/aromatic N) is 1. The van der Waals surface area contributed by atoms with Crippen LogP contribution < -0.4 is 5.32 Å². The first-order chi connectivity index (χ1) is 11.7. The highest BCUT2D eigenvalue weighted by atomic mass is 16.6. The van der Waals surface area contributed by atoms with Crippen LogP contribution in [0.25, 0.3) is 0 Å². The topological polar surface area (TPSA) is 58.6 Å². The molecule has 1 aliphatic heterocycles. The molecular weight excluding hydrogens is 316 g/mol. The number of nitrogens with one attached hydrogen (secondary N) is 1. The van der Waals surface area contributed by atoms with Crippen LogP contribution >= 0.6 is 0 Å². The van der Waals surface area contributed by atoms with Crippen molar-refractivity contribution < 1.29 is 14.3 Å². The van der Waals surface area contributed by atoms with E-state index in [2.05, 4.69) is 12.2 Å². The predicted octanol–water partition coefficient (Wildman–Crippen LogP) is 3.30. The van der Waals surface area contributed by atoms with E-state index >= 15 is 0 Å². The molecule has 5 nitrogen and oxygen atoms in total. The van der Waals surface area contributed by atoms with Crippen LogP contribution in [0.15, 0.2) is 24.3 Å². The van der Waals surface area contributed by atoms with Gasteiger partial charge < -0.3 is 15.0 Å². The molecule has 1 aromatic carbocycles. The zero-order valence-electron chi connectivity index (χ0n) is 16.0. The second-order valence-corrected chi connectivity index (χ2v) is 7.96. The standard InChI is InChI=1S/C20H30N2O3/c1-14-8-6-7-9-16(14)12-18(23)22-11-10-17(15(2)13-22)21-19(24)25-20(3,4)5/h6-9,15,17H,10-13H2,1-5H3,(H,21,24)/t15-,17+/m1/s1. The predicted molar refractivity (Wildman–Crippen MR) is 98.4 cm³/mol. The fraction of sp³-hybridized carbons (Fsp3) is 0.600. The van der Waals surface area contributed by atoms with E-state index in [4.69, 9.17) is 4.74 Å². The van der Waals surface area contributed by atoms with Crippen LogP contribution in [0.2, 0.25) is 0 Å². The summed E-state index contributed by atoms with van der Waals surface area (Å²) in [5.41, 5.74) is 1.72. The first-order valence-electron chi connectivity index (χ1n) is 8.97. The quantitative estimate of drug-likeness (QED) is 0.913. The highest BCUT2D eigenvalue weighted by molar-refractivity contribution is 5.79. The Morgan fingerprint density at radius 1 is 1.28 bits per heavy atom. The summed E-state index contributed by atoms with van der Waals surface area (Å²) in [5.74, 6) is 0.346. The summed E-state index contributed by atoms with van der Waals surface area (Å²) < 4.78 is 5.32. The Labute approximate surface area is 150 Å². The number of hydrogen-bond donors (Lipinski definition) is 1. The summed E-state index contributed by atoms with van der Waals surface area (Å²) in [6.45, 7) is 11.0. The van der Waals surface area contributed by atoms with Gasteiger partial charge in [-0.05, 0) is 51.2 Å². The van der Waals surface area contributed by atoms with Crippen molar-refractivity contribution in [1.29, 1.82) is 0 Å². The van der Waals surface area contributed by atoms with Crippen molar-refractivity contribution in [2.45, 2.75) is 59.1 Å². The Hall–Kier alpha value is -2.04. The maximum absolute atomic E-state index is 12.6. The van der Waals surface area contributed by atoms with E-state index in [0.717, 1.165) is 17.5 Å². The second-order valence-electron chi connectivity index (χ2n) is 7.96. The van der Waals surface area contributed by atoms with E-state index in [9.17, 15) is 9.59 Å². The van der Waals surface area contributed by atoms with Gasteiger partial charge in [-0.3, -0.25) is 4.79 Å². The zero-order valence-corrected chi connectivity index (χ0v) is 16.0. The lowest BCUT2D eigenvalue weighted by Gasteiger charge is -2.37. The van der Waals surface area contributed by atoms with Crippen LogP contribution in [0.4, 0.5) is 4.79 Å². The van der Waals surface area contributed by atoms with Crippen LogP contribution in [0, 0.1) is 12.8 Å². The van der Waals surface area contributed by atoms with Gasteiger partial charge in [-0.1, -0.05) is 31.2 Å². The Morgan fingerprint density at radius 2 is 1.96 bits per heavy atom. The van der Waals surface area contributed by atoms with Gasteiger partial charge in [0.2, 0.25) is 5.91 Å². The van der Waals surface area contributed by atoms with Crippen LogP contribution in [-0.2, 0) is 16.0 Å². The molecule has 1 aromatic rings. The molecule has 2 amide bonds. The summed E-state index contributed by atoms with van der Waals surface area (Å²) in [6, 6.07) is 8.03. The van der Waals surface area contributed by atoms with Crippen molar-refractivity contribution in [3.8, 4) is 0 Å². The van der Waals surface area contributed by atoms with E-state index in [0.29, 0.717) is 19.5 Å². The molecule has 0 bridgehead atoms. The normalized spacial score (nSPS) is 20.9. The number of likely N-dealkylation sites (tertiary alicyclic amines) is 1. The Morgan fingerprint density at radius 3 is 2.56 bits per heavy atom. The number of hydrogen-bond acceptors (Lipinski definition) is 3. The Bertz CT molecular complexity index is 622. The second kappa shape index (κ2) is 7.89. The van der Waals surface area contributed by atoms with Gasteiger partial charge in [-0.2, -0.15) is 0 Å². The van der Waals surface area contributed by atoms with E-state index in [1.54, 1.807) is 0 Å². The summed E-state index contributed by atoms with van der Waals surface area (Å²) >= 11 is 0. The van der Waals surface area contributed by atoms with Gasteiger partial charge in [0.25, 0.3) is 0 Å². The fourth-order valence-electron chi connectivity index (χ4n) is 3.13. The number of rotatable bonds is 3. The summed E-state index contributed by atoms with van der Waals surface area (Å²) in [7, 11) is 0. The van der Waals surface area contributed by atoms with Gasteiger partial charge in [-0.25, -0.2) is 4.79 Å². The number of benzene rings is 1. The van der Waals surface area contributed by atoms with E-state index < -0.39 is 5.60 Å². The summed E-state index contributed by atoms with van der Waals surface area (Å²) in [6.07, 6.45) is 0.799. The molecule has 1 fully saturated rings. The fourth-order valence-corrected chi connectivity index (χ4v) is 3.13. The lowest BCUT2D eigenvalue weighted by molar-refractivity contribution is -0.132. The molecule has 1 saturated heterocycles. The molecule has 2 rings (SSSR count). The molecule has 0 unspecified atom stereocenters. The average Bonchev–Trinajstić information content (AvgIpc) is 2.49. The Balaban J connectivity index is 1.87. The molecule has 1 N–H and O–H groups in total. The summed E-state index contributed by atoms with van der Waals surface area (Å²) in [4.78, 5) is 26.5. The largest absolute Gasteiger partial charge is 0.444 e. The number of aryl methyl sites for hydroxylation is 1. The number of alkyl carbamates (subject to hydrolysis) is 1. The maximum Gasteiger partial charge on any atom is 0.407 e. The number of amides is 2. The van der Waals surface area contributed by atoms with E-state index in [-0.39, 0.29) is 24.0 Å². The van der Waals surface area contributed by atoms with Gasteiger partial charge in [0, 0.05) is 19.1 Å². The van der Waals surface area contributed by atoms with Gasteiger partial charge in [0.1, 0.15) is 5.60 Å². The average molecular weight is 346 g/mol. The zero-order chi connectivity index (χ0) is 18.6. The minimum absolute atomic E-state index is 0.0392. The molecule has 0 saturated carbocycles.